The van der Waals surface area contributed by atoms with Crippen LogP contribution in [-0.2, 0) is 11.2 Å². The van der Waals surface area contributed by atoms with Gasteiger partial charge in [-0.3, -0.25) is 4.79 Å². The Bertz CT molecular complexity index is 742. The van der Waals surface area contributed by atoms with E-state index < -0.39 is 0 Å². The van der Waals surface area contributed by atoms with E-state index in [1.165, 1.54) is 10.9 Å². The van der Waals surface area contributed by atoms with E-state index in [4.69, 9.17) is 4.74 Å². The van der Waals surface area contributed by atoms with Crippen LogP contribution in [-0.4, -0.2) is 29.4 Å². The molecule has 0 fully saturated rings. The van der Waals surface area contributed by atoms with Gasteiger partial charge in [0, 0.05) is 23.9 Å². The van der Waals surface area contributed by atoms with Crippen LogP contribution in [0, 0.1) is 0 Å². The molecule has 1 aromatic carbocycles. The number of carbonyl (C=O) groups is 1. The van der Waals surface area contributed by atoms with Crippen molar-refractivity contribution in [2.24, 2.45) is 0 Å². The zero-order valence-corrected chi connectivity index (χ0v) is 11.4. The van der Waals surface area contributed by atoms with E-state index in [0.717, 1.165) is 42.0 Å². The summed E-state index contributed by atoms with van der Waals surface area (Å²) in [6.07, 6.45) is 4.53. The summed E-state index contributed by atoms with van der Waals surface area (Å²) in [7, 11) is 1.68. The minimum absolute atomic E-state index is 0.240. The average molecular weight is 268 g/mol. The Kier molecular flexibility index (Phi) is 2.39. The summed E-state index contributed by atoms with van der Waals surface area (Å²) in [5.74, 6) is 1.11. The molecular weight excluding hydrogens is 252 g/mol. The van der Waals surface area contributed by atoms with Gasteiger partial charge in [-0.25, -0.2) is 0 Å². The molecule has 2 aromatic rings. The van der Waals surface area contributed by atoms with Crippen LogP contribution in [0.25, 0.3) is 16.6 Å². The van der Waals surface area contributed by atoms with Crippen molar-refractivity contribution in [3.05, 3.63) is 35.5 Å². The van der Waals surface area contributed by atoms with Gasteiger partial charge in [0.25, 0.3) is 0 Å². The number of benzene rings is 1. The number of methoxy groups -OCH3 is 1. The van der Waals surface area contributed by atoms with Crippen molar-refractivity contribution in [3.8, 4) is 5.75 Å². The van der Waals surface area contributed by atoms with E-state index in [1.54, 1.807) is 7.11 Å². The second-order valence-corrected chi connectivity index (χ2v) is 5.31. The molecule has 102 valence electrons. The van der Waals surface area contributed by atoms with Crippen LogP contribution >= 0.6 is 0 Å². The van der Waals surface area contributed by atoms with Crippen molar-refractivity contribution in [1.29, 1.82) is 0 Å². The molecule has 0 unspecified atom stereocenters. The number of H-pyrrole nitrogens is 1. The van der Waals surface area contributed by atoms with E-state index >= 15 is 0 Å². The maximum absolute atomic E-state index is 12.0. The number of allylic oxidation sites excluding steroid dienone is 1. The van der Waals surface area contributed by atoms with Gasteiger partial charge in [-0.2, -0.15) is 0 Å². The van der Waals surface area contributed by atoms with E-state index in [1.807, 2.05) is 17.0 Å². The third-order valence-corrected chi connectivity index (χ3v) is 4.24. The van der Waals surface area contributed by atoms with Crippen molar-refractivity contribution in [1.82, 2.24) is 9.88 Å². The quantitative estimate of drug-likeness (QED) is 0.864. The maximum atomic E-state index is 12.0. The summed E-state index contributed by atoms with van der Waals surface area (Å²) in [4.78, 5) is 17.4. The van der Waals surface area contributed by atoms with Crippen LogP contribution in [0.1, 0.15) is 24.1 Å². The van der Waals surface area contributed by atoms with Crippen LogP contribution in [0.4, 0.5) is 0 Å². The molecule has 2 aliphatic heterocycles. The van der Waals surface area contributed by atoms with Gasteiger partial charge in [-0.05, 0) is 36.6 Å². The lowest BCUT2D eigenvalue weighted by atomic mass is 9.97. The molecule has 2 aliphatic rings. The van der Waals surface area contributed by atoms with E-state index in [9.17, 15) is 4.79 Å². The lowest BCUT2D eigenvalue weighted by Gasteiger charge is -2.32. The number of amides is 1. The molecule has 0 spiro atoms. The molecule has 4 nitrogen and oxygen atoms in total. The smallest absolute Gasteiger partial charge is 0.227 e. The number of fused-ring (bicyclic) bond motifs is 5. The highest BCUT2D eigenvalue weighted by Gasteiger charge is 2.30. The molecule has 20 heavy (non-hydrogen) atoms. The summed E-state index contributed by atoms with van der Waals surface area (Å²) in [5.41, 5.74) is 4.57. The summed E-state index contributed by atoms with van der Waals surface area (Å²) in [6, 6.07) is 6.08. The number of hydrogen-bond acceptors (Lipinski definition) is 2. The molecule has 1 N–H and O–H groups in total. The summed E-state index contributed by atoms with van der Waals surface area (Å²) in [5, 5.41) is 1.21. The van der Waals surface area contributed by atoms with Gasteiger partial charge in [0.2, 0.25) is 5.91 Å². The Labute approximate surface area is 117 Å². The highest BCUT2D eigenvalue weighted by molar-refractivity contribution is 5.96. The standard InChI is InChI=1S/C16H16N2O2/c1-20-10-5-6-13-12(9-10)11-7-8-18-14(16(11)17-13)3-2-4-15(18)19/h3,5-6,9,17H,2,4,7-8H2,1H3. The molecule has 4 rings (SSSR count). The van der Waals surface area contributed by atoms with E-state index in [2.05, 4.69) is 17.1 Å². The fourth-order valence-corrected chi connectivity index (χ4v) is 3.25. The number of nitrogens with zero attached hydrogens (tertiary/aromatic N) is 1. The zero-order valence-electron chi connectivity index (χ0n) is 11.4. The highest BCUT2D eigenvalue weighted by atomic mass is 16.5. The van der Waals surface area contributed by atoms with Crippen LogP contribution in [0.2, 0.25) is 0 Å². The molecular formula is C16H16N2O2. The molecule has 0 atom stereocenters. The van der Waals surface area contributed by atoms with Crippen molar-refractivity contribution in [2.75, 3.05) is 13.7 Å². The maximum Gasteiger partial charge on any atom is 0.227 e. The van der Waals surface area contributed by atoms with Crippen molar-refractivity contribution in [3.63, 3.8) is 0 Å². The van der Waals surface area contributed by atoms with Crippen molar-refractivity contribution in [2.45, 2.75) is 19.3 Å². The number of rotatable bonds is 1. The first-order valence-electron chi connectivity index (χ1n) is 6.97. The minimum atomic E-state index is 0.240. The van der Waals surface area contributed by atoms with Gasteiger partial charge in [-0.1, -0.05) is 6.08 Å². The average Bonchev–Trinajstić information content (AvgIpc) is 2.85. The molecule has 0 saturated carbocycles. The second-order valence-electron chi connectivity index (χ2n) is 5.31. The first-order chi connectivity index (χ1) is 9.78. The van der Waals surface area contributed by atoms with Gasteiger partial charge < -0.3 is 14.6 Å². The lowest BCUT2D eigenvalue weighted by Crippen LogP contribution is -2.36. The molecule has 0 bridgehead atoms. The number of ether oxygens (including phenoxy) is 1. The Morgan fingerprint density at radius 1 is 1.30 bits per heavy atom. The van der Waals surface area contributed by atoms with Crippen LogP contribution in [0.15, 0.2) is 24.3 Å². The summed E-state index contributed by atoms with van der Waals surface area (Å²) < 4.78 is 5.31. The van der Waals surface area contributed by atoms with Gasteiger partial charge in [0.05, 0.1) is 18.5 Å². The number of nitrogens with one attached hydrogen (secondary N) is 1. The molecule has 1 aromatic heterocycles. The van der Waals surface area contributed by atoms with Crippen LogP contribution in [0.5, 0.6) is 5.75 Å². The summed E-state index contributed by atoms with van der Waals surface area (Å²) >= 11 is 0. The predicted molar refractivity (Wildman–Crippen MR) is 77.5 cm³/mol. The Balaban J connectivity index is 1.93. The fourth-order valence-electron chi connectivity index (χ4n) is 3.25. The molecule has 0 saturated heterocycles. The lowest BCUT2D eigenvalue weighted by molar-refractivity contribution is -0.128. The predicted octanol–water partition coefficient (Wildman–Crippen LogP) is 2.70. The van der Waals surface area contributed by atoms with Crippen LogP contribution < -0.4 is 4.74 Å². The first-order valence-corrected chi connectivity index (χ1v) is 6.97. The summed E-state index contributed by atoms with van der Waals surface area (Å²) in [6.45, 7) is 0.780. The van der Waals surface area contributed by atoms with Crippen LogP contribution in [0.3, 0.4) is 0 Å². The normalized spacial score (nSPS) is 17.8. The fraction of sp³-hybridized carbons (Fsp3) is 0.312. The zero-order chi connectivity index (χ0) is 13.7. The van der Waals surface area contributed by atoms with Gasteiger partial charge in [0.15, 0.2) is 0 Å². The Morgan fingerprint density at radius 3 is 3.05 bits per heavy atom. The number of aromatic amines is 1. The number of aromatic nitrogens is 1. The van der Waals surface area contributed by atoms with Crippen molar-refractivity contribution < 1.29 is 9.53 Å². The monoisotopic (exact) mass is 268 g/mol. The minimum Gasteiger partial charge on any atom is -0.497 e. The highest BCUT2D eigenvalue weighted by Crippen LogP contribution is 2.37. The second kappa shape index (κ2) is 4.13. The van der Waals surface area contributed by atoms with Gasteiger partial charge in [-0.15, -0.1) is 0 Å². The topological polar surface area (TPSA) is 45.3 Å². The number of carbonyl (C=O) groups excluding carboxylic acids is 1. The molecule has 1 amide bonds. The SMILES string of the molecule is COc1ccc2[nH]c3c(c2c1)CCN1C(=O)CCC=C31. The largest absolute Gasteiger partial charge is 0.497 e. The number of hydrogen-bond donors (Lipinski definition) is 1. The van der Waals surface area contributed by atoms with Gasteiger partial charge in [0.1, 0.15) is 5.75 Å². The molecule has 0 radical (unpaired) electrons. The van der Waals surface area contributed by atoms with Crippen molar-refractivity contribution >= 4 is 22.5 Å². The van der Waals surface area contributed by atoms with Gasteiger partial charge >= 0.3 is 0 Å². The van der Waals surface area contributed by atoms with E-state index in [-0.39, 0.29) is 5.91 Å². The molecule has 4 heteroatoms. The Morgan fingerprint density at radius 2 is 2.20 bits per heavy atom. The third kappa shape index (κ3) is 1.51. The molecule has 0 aliphatic carbocycles. The van der Waals surface area contributed by atoms with E-state index in [0.29, 0.717) is 6.42 Å². The Hall–Kier alpha value is -2.23. The molecule has 3 heterocycles. The first kappa shape index (κ1) is 11.6. The third-order valence-electron chi connectivity index (χ3n) is 4.24.